The van der Waals surface area contributed by atoms with E-state index in [0.29, 0.717) is 12.0 Å². The van der Waals surface area contributed by atoms with Gasteiger partial charge in [-0.1, -0.05) is 30.3 Å². The molecule has 1 atom stereocenters. The molecule has 18 heavy (non-hydrogen) atoms. The summed E-state index contributed by atoms with van der Waals surface area (Å²) in [6.07, 6.45) is 1.26. The standard InChI is InChI=1S/C16H13FO/c17-14-6-7-15-13(9-14)8-12(10-16(15)18)11-4-2-1-3-5-11/h1-7,9,12H,8,10H2. The van der Waals surface area contributed by atoms with Gasteiger partial charge in [0.25, 0.3) is 0 Å². The summed E-state index contributed by atoms with van der Waals surface area (Å²) in [7, 11) is 0. The molecule has 0 saturated heterocycles. The zero-order valence-corrected chi connectivity index (χ0v) is 9.90. The predicted molar refractivity (Wildman–Crippen MR) is 68.2 cm³/mol. The van der Waals surface area contributed by atoms with Crippen molar-refractivity contribution >= 4 is 5.78 Å². The molecule has 0 radical (unpaired) electrons. The van der Waals surface area contributed by atoms with Gasteiger partial charge >= 0.3 is 0 Å². The van der Waals surface area contributed by atoms with Crippen LogP contribution < -0.4 is 0 Å². The second-order valence-electron chi connectivity index (χ2n) is 4.74. The number of fused-ring (bicyclic) bond motifs is 1. The van der Waals surface area contributed by atoms with Crippen LogP contribution in [0.5, 0.6) is 0 Å². The van der Waals surface area contributed by atoms with Crippen LogP contribution in [0.4, 0.5) is 4.39 Å². The summed E-state index contributed by atoms with van der Waals surface area (Å²) >= 11 is 0. The highest BCUT2D eigenvalue weighted by molar-refractivity contribution is 5.99. The molecule has 1 aliphatic rings. The van der Waals surface area contributed by atoms with Gasteiger partial charge in [0.05, 0.1) is 0 Å². The Labute approximate surface area is 105 Å². The highest BCUT2D eigenvalue weighted by Crippen LogP contribution is 2.32. The lowest BCUT2D eigenvalue weighted by molar-refractivity contribution is 0.0964. The van der Waals surface area contributed by atoms with Crippen LogP contribution in [0.3, 0.4) is 0 Å². The summed E-state index contributed by atoms with van der Waals surface area (Å²) < 4.78 is 13.2. The Morgan fingerprint density at radius 3 is 2.56 bits per heavy atom. The first-order valence-corrected chi connectivity index (χ1v) is 6.10. The minimum absolute atomic E-state index is 0.116. The number of halogens is 1. The van der Waals surface area contributed by atoms with Crippen molar-refractivity contribution in [1.29, 1.82) is 0 Å². The maximum Gasteiger partial charge on any atom is 0.163 e. The van der Waals surface area contributed by atoms with Crippen LogP contribution in [0.25, 0.3) is 0 Å². The van der Waals surface area contributed by atoms with E-state index in [0.717, 1.165) is 17.5 Å². The van der Waals surface area contributed by atoms with Crippen LogP contribution >= 0.6 is 0 Å². The number of carbonyl (C=O) groups excluding carboxylic acids is 1. The fourth-order valence-corrected chi connectivity index (χ4v) is 2.64. The molecule has 0 N–H and O–H groups in total. The molecule has 90 valence electrons. The number of hydrogen-bond donors (Lipinski definition) is 0. The summed E-state index contributed by atoms with van der Waals surface area (Å²) in [6.45, 7) is 0. The monoisotopic (exact) mass is 240 g/mol. The maximum atomic E-state index is 13.2. The van der Waals surface area contributed by atoms with Crippen molar-refractivity contribution in [3.05, 3.63) is 71.0 Å². The van der Waals surface area contributed by atoms with Gasteiger partial charge in [0, 0.05) is 12.0 Å². The fourth-order valence-electron chi connectivity index (χ4n) is 2.64. The Morgan fingerprint density at radius 1 is 1.00 bits per heavy atom. The van der Waals surface area contributed by atoms with Crippen LogP contribution in [0.1, 0.15) is 33.8 Å². The Hall–Kier alpha value is -1.96. The van der Waals surface area contributed by atoms with E-state index < -0.39 is 0 Å². The second kappa shape index (κ2) is 4.37. The molecule has 0 aliphatic heterocycles. The SMILES string of the molecule is O=C1CC(c2ccccc2)Cc2cc(F)ccc21. The lowest BCUT2D eigenvalue weighted by Crippen LogP contribution is -2.18. The number of benzene rings is 2. The third kappa shape index (κ3) is 1.94. The number of ketones is 1. The predicted octanol–water partition coefficient (Wildman–Crippen LogP) is 3.74. The number of rotatable bonds is 1. The van der Waals surface area contributed by atoms with E-state index in [2.05, 4.69) is 0 Å². The number of carbonyl (C=O) groups is 1. The van der Waals surface area contributed by atoms with Crippen LogP contribution in [0.2, 0.25) is 0 Å². The zero-order chi connectivity index (χ0) is 12.5. The molecule has 0 aromatic heterocycles. The van der Waals surface area contributed by atoms with E-state index in [9.17, 15) is 9.18 Å². The Morgan fingerprint density at radius 2 is 1.78 bits per heavy atom. The molecule has 3 rings (SSSR count). The van der Waals surface area contributed by atoms with Gasteiger partial charge in [-0.25, -0.2) is 4.39 Å². The molecule has 0 bridgehead atoms. The average molecular weight is 240 g/mol. The second-order valence-corrected chi connectivity index (χ2v) is 4.74. The molecule has 0 amide bonds. The van der Waals surface area contributed by atoms with Gasteiger partial charge in [-0.05, 0) is 41.7 Å². The summed E-state index contributed by atoms with van der Waals surface area (Å²) in [5.74, 6) is 0.0216. The maximum absolute atomic E-state index is 13.2. The van der Waals surface area contributed by atoms with Crippen molar-refractivity contribution < 1.29 is 9.18 Å². The minimum atomic E-state index is -0.268. The van der Waals surface area contributed by atoms with Gasteiger partial charge in [0.2, 0.25) is 0 Å². The first-order chi connectivity index (χ1) is 8.74. The molecule has 1 unspecified atom stereocenters. The van der Waals surface area contributed by atoms with Crippen LogP contribution in [-0.4, -0.2) is 5.78 Å². The van der Waals surface area contributed by atoms with Crippen molar-refractivity contribution in [2.75, 3.05) is 0 Å². The van der Waals surface area contributed by atoms with Crippen molar-refractivity contribution in [3.63, 3.8) is 0 Å². The molecule has 1 aliphatic carbocycles. The first-order valence-electron chi connectivity index (χ1n) is 6.10. The van der Waals surface area contributed by atoms with Gasteiger partial charge in [-0.2, -0.15) is 0 Å². The summed E-state index contributed by atoms with van der Waals surface area (Å²) in [4.78, 5) is 12.1. The topological polar surface area (TPSA) is 17.1 Å². The summed E-state index contributed by atoms with van der Waals surface area (Å²) in [5.41, 5.74) is 2.67. The largest absolute Gasteiger partial charge is 0.294 e. The zero-order valence-electron chi connectivity index (χ0n) is 9.90. The van der Waals surface area contributed by atoms with E-state index in [1.807, 2.05) is 30.3 Å². The Bertz CT molecular complexity index is 589. The third-order valence-corrected chi connectivity index (χ3v) is 3.54. The molecule has 1 nitrogen and oxygen atoms in total. The Kier molecular flexibility index (Phi) is 2.71. The average Bonchev–Trinajstić information content (AvgIpc) is 2.39. The van der Waals surface area contributed by atoms with E-state index in [-0.39, 0.29) is 17.5 Å². The highest BCUT2D eigenvalue weighted by atomic mass is 19.1. The normalized spacial score (nSPS) is 18.5. The minimum Gasteiger partial charge on any atom is -0.294 e. The number of Topliss-reactive ketones (excluding diaryl/α,β-unsaturated/α-hetero) is 1. The first kappa shape index (κ1) is 11.1. The van der Waals surface area contributed by atoms with Crippen LogP contribution in [0.15, 0.2) is 48.5 Å². The molecule has 2 aromatic rings. The highest BCUT2D eigenvalue weighted by Gasteiger charge is 2.26. The molecular weight excluding hydrogens is 227 g/mol. The molecule has 0 spiro atoms. The van der Waals surface area contributed by atoms with Gasteiger partial charge in [0.15, 0.2) is 5.78 Å². The van der Waals surface area contributed by atoms with Crippen LogP contribution in [0, 0.1) is 5.82 Å². The van der Waals surface area contributed by atoms with E-state index in [4.69, 9.17) is 0 Å². The van der Waals surface area contributed by atoms with Crippen molar-refractivity contribution in [3.8, 4) is 0 Å². The lowest BCUT2D eigenvalue weighted by atomic mass is 9.79. The van der Waals surface area contributed by atoms with Gasteiger partial charge in [-0.3, -0.25) is 4.79 Å². The molecule has 2 aromatic carbocycles. The molecule has 0 fully saturated rings. The molecule has 0 saturated carbocycles. The quantitative estimate of drug-likeness (QED) is 0.742. The molecule has 2 heteroatoms. The van der Waals surface area contributed by atoms with E-state index >= 15 is 0 Å². The summed E-state index contributed by atoms with van der Waals surface area (Å²) in [6, 6.07) is 14.4. The Balaban J connectivity index is 1.98. The van der Waals surface area contributed by atoms with Crippen molar-refractivity contribution in [2.24, 2.45) is 0 Å². The van der Waals surface area contributed by atoms with E-state index in [1.165, 1.54) is 12.1 Å². The summed E-state index contributed by atoms with van der Waals surface area (Å²) in [5, 5.41) is 0. The third-order valence-electron chi connectivity index (χ3n) is 3.54. The van der Waals surface area contributed by atoms with Gasteiger partial charge < -0.3 is 0 Å². The van der Waals surface area contributed by atoms with Gasteiger partial charge in [-0.15, -0.1) is 0 Å². The van der Waals surface area contributed by atoms with Gasteiger partial charge in [0.1, 0.15) is 5.82 Å². The van der Waals surface area contributed by atoms with Crippen LogP contribution in [-0.2, 0) is 6.42 Å². The fraction of sp³-hybridized carbons (Fsp3) is 0.188. The van der Waals surface area contributed by atoms with E-state index in [1.54, 1.807) is 6.07 Å². The smallest absolute Gasteiger partial charge is 0.163 e. The molecule has 0 heterocycles. The molecular formula is C16H13FO. The van der Waals surface area contributed by atoms with Crippen molar-refractivity contribution in [2.45, 2.75) is 18.8 Å². The van der Waals surface area contributed by atoms with Crippen molar-refractivity contribution in [1.82, 2.24) is 0 Å². The number of hydrogen-bond acceptors (Lipinski definition) is 1. The lowest BCUT2D eigenvalue weighted by Gasteiger charge is -2.23.